The van der Waals surface area contributed by atoms with Gasteiger partial charge in [-0.1, -0.05) is 25.3 Å². The number of halogens is 1. The standard InChI is InChI=1S/C16H23FN2O/c1-19(14-7-5-6-13(17)10-14)15(20)11-16(12-18)8-3-2-4-9-16/h5-7,10H,2-4,8-9,11-12,18H2,1H3. The van der Waals surface area contributed by atoms with Gasteiger partial charge in [-0.05, 0) is 43.0 Å². The molecule has 0 aromatic heterocycles. The van der Waals surface area contributed by atoms with E-state index in [1.165, 1.54) is 23.5 Å². The summed E-state index contributed by atoms with van der Waals surface area (Å²) in [5.41, 5.74) is 6.46. The van der Waals surface area contributed by atoms with E-state index in [4.69, 9.17) is 5.73 Å². The van der Waals surface area contributed by atoms with Crippen molar-refractivity contribution in [2.75, 3.05) is 18.5 Å². The molecular weight excluding hydrogens is 255 g/mol. The molecule has 1 fully saturated rings. The lowest BCUT2D eigenvalue weighted by molar-refractivity contribution is -0.121. The molecule has 20 heavy (non-hydrogen) atoms. The number of nitrogens with zero attached hydrogens (tertiary/aromatic N) is 1. The van der Waals surface area contributed by atoms with Crippen LogP contribution in [0, 0.1) is 11.2 Å². The summed E-state index contributed by atoms with van der Waals surface area (Å²) in [4.78, 5) is 14.0. The molecule has 0 aliphatic heterocycles. The van der Waals surface area contributed by atoms with Gasteiger partial charge in [0.15, 0.2) is 0 Å². The van der Waals surface area contributed by atoms with Crippen molar-refractivity contribution in [2.24, 2.45) is 11.1 Å². The van der Waals surface area contributed by atoms with Crippen LogP contribution in [0.25, 0.3) is 0 Å². The molecule has 1 aromatic carbocycles. The van der Waals surface area contributed by atoms with Gasteiger partial charge in [0.05, 0.1) is 0 Å². The Morgan fingerprint density at radius 2 is 2.05 bits per heavy atom. The highest BCUT2D eigenvalue weighted by molar-refractivity contribution is 5.93. The number of hydrogen-bond acceptors (Lipinski definition) is 2. The Kier molecular flexibility index (Phi) is 4.76. The summed E-state index contributed by atoms with van der Waals surface area (Å²) in [6.45, 7) is 0.551. The molecule has 1 saturated carbocycles. The fourth-order valence-electron chi connectivity index (χ4n) is 3.02. The van der Waals surface area contributed by atoms with Crippen LogP contribution >= 0.6 is 0 Å². The molecule has 0 atom stereocenters. The van der Waals surface area contributed by atoms with Gasteiger partial charge < -0.3 is 10.6 Å². The van der Waals surface area contributed by atoms with Crippen molar-refractivity contribution in [3.63, 3.8) is 0 Å². The Morgan fingerprint density at radius 3 is 2.65 bits per heavy atom. The number of anilines is 1. The second kappa shape index (κ2) is 6.35. The maximum absolute atomic E-state index is 13.2. The van der Waals surface area contributed by atoms with Crippen molar-refractivity contribution in [1.82, 2.24) is 0 Å². The van der Waals surface area contributed by atoms with Crippen LogP contribution in [0.4, 0.5) is 10.1 Å². The lowest BCUT2D eigenvalue weighted by atomic mass is 9.71. The highest BCUT2D eigenvalue weighted by Crippen LogP contribution is 2.39. The monoisotopic (exact) mass is 278 g/mol. The first kappa shape index (κ1) is 15.0. The lowest BCUT2D eigenvalue weighted by Gasteiger charge is -2.36. The van der Waals surface area contributed by atoms with Gasteiger partial charge in [0, 0.05) is 19.2 Å². The van der Waals surface area contributed by atoms with Crippen molar-refractivity contribution in [3.05, 3.63) is 30.1 Å². The average molecular weight is 278 g/mol. The van der Waals surface area contributed by atoms with Crippen LogP contribution in [-0.2, 0) is 4.79 Å². The summed E-state index contributed by atoms with van der Waals surface area (Å²) in [6, 6.07) is 6.13. The summed E-state index contributed by atoms with van der Waals surface area (Å²) >= 11 is 0. The Morgan fingerprint density at radius 1 is 1.35 bits per heavy atom. The molecule has 3 nitrogen and oxygen atoms in total. The van der Waals surface area contributed by atoms with Crippen molar-refractivity contribution in [1.29, 1.82) is 0 Å². The molecule has 1 aromatic rings. The highest BCUT2D eigenvalue weighted by Gasteiger charge is 2.34. The van der Waals surface area contributed by atoms with Crippen LogP contribution in [-0.4, -0.2) is 19.5 Å². The van der Waals surface area contributed by atoms with E-state index in [-0.39, 0.29) is 17.1 Å². The summed E-state index contributed by atoms with van der Waals surface area (Å²) in [6.07, 6.45) is 6.02. The molecule has 2 N–H and O–H groups in total. The van der Waals surface area contributed by atoms with Gasteiger partial charge in [0.25, 0.3) is 0 Å². The zero-order valence-corrected chi connectivity index (χ0v) is 12.1. The first-order valence-electron chi connectivity index (χ1n) is 7.28. The lowest BCUT2D eigenvalue weighted by Crippen LogP contribution is -2.39. The number of benzene rings is 1. The molecule has 0 unspecified atom stereocenters. The van der Waals surface area contributed by atoms with Crippen LogP contribution in [0.2, 0.25) is 0 Å². The molecule has 2 rings (SSSR count). The minimum atomic E-state index is -0.326. The largest absolute Gasteiger partial charge is 0.330 e. The molecule has 0 spiro atoms. The average Bonchev–Trinajstić information content (AvgIpc) is 2.47. The minimum absolute atomic E-state index is 0.0166. The van der Waals surface area contributed by atoms with Crippen LogP contribution < -0.4 is 10.6 Å². The molecule has 0 saturated heterocycles. The third-order valence-corrected chi connectivity index (χ3v) is 4.44. The van der Waals surface area contributed by atoms with Gasteiger partial charge in [-0.15, -0.1) is 0 Å². The molecular formula is C16H23FN2O. The summed E-state index contributed by atoms with van der Waals surface area (Å²) in [5.74, 6) is -0.309. The number of amides is 1. The van der Waals surface area contributed by atoms with Gasteiger partial charge in [0.2, 0.25) is 5.91 Å². The molecule has 1 aliphatic carbocycles. The molecule has 4 heteroatoms. The van der Waals surface area contributed by atoms with E-state index in [1.54, 1.807) is 19.2 Å². The number of carbonyl (C=O) groups excluding carboxylic acids is 1. The van der Waals surface area contributed by atoms with Gasteiger partial charge >= 0.3 is 0 Å². The number of nitrogens with two attached hydrogens (primary N) is 1. The number of rotatable bonds is 4. The van der Waals surface area contributed by atoms with Gasteiger partial charge in [-0.25, -0.2) is 4.39 Å². The van der Waals surface area contributed by atoms with E-state index < -0.39 is 0 Å². The molecule has 0 radical (unpaired) electrons. The van der Waals surface area contributed by atoms with E-state index >= 15 is 0 Å². The normalized spacial score (nSPS) is 17.8. The highest BCUT2D eigenvalue weighted by atomic mass is 19.1. The van der Waals surface area contributed by atoms with E-state index in [0.29, 0.717) is 18.7 Å². The van der Waals surface area contributed by atoms with Crippen LogP contribution in [0.1, 0.15) is 38.5 Å². The second-order valence-corrected chi connectivity index (χ2v) is 5.87. The first-order valence-corrected chi connectivity index (χ1v) is 7.28. The van der Waals surface area contributed by atoms with Crippen LogP contribution in [0.5, 0.6) is 0 Å². The summed E-state index contributed by atoms with van der Waals surface area (Å²) in [7, 11) is 1.70. The van der Waals surface area contributed by atoms with Crippen molar-refractivity contribution in [3.8, 4) is 0 Å². The van der Waals surface area contributed by atoms with E-state index in [0.717, 1.165) is 25.7 Å². The Hall–Kier alpha value is -1.42. The van der Waals surface area contributed by atoms with Gasteiger partial charge in [-0.2, -0.15) is 0 Å². The fraction of sp³-hybridized carbons (Fsp3) is 0.562. The third-order valence-electron chi connectivity index (χ3n) is 4.44. The number of hydrogen-bond donors (Lipinski definition) is 1. The van der Waals surface area contributed by atoms with E-state index in [2.05, 4.69) is 0 Å². The first-order chi connectivity index (χ1) is 9.56. The maximum atomic E-state index is 13.2. The fourth-order valence-corrected chi connectivity index (χ4v) is 3.02. The molecule has 1 amide bonds. The van der Waals surface area contributed by atoms with Crippen LogP contribution in [0.3, 0.4) is 0 Å². The predicted octanol–water partition coefficient (Wildman–Crippen LogP) is 3.09. The molecule has 1 aliphatic rings. The third kappa shape index (κ3) is 3.37. The summed E-state index contributed by atoms with van der Waals surface area (Å²) in [5, 5.41) is 0. The smallest absolute Gasteiger partial charge is 0.227 e. The van der Waals surface area contributed by atoms with E-state index in [1.807, 2.05) is 0 Å². The van der Waals surface area contributed by atoms with Crippen molar-refractivity contribution in [2.45, 2.75) is 38.5 Å². The predicted molar refractivity (Wildman–Crippen MR) is 79.0 cm³/mol. The minimum Gasteiger partial charge on any atom is -0.330 e. The van der Waals surface area contributed by atoms with Crippen LogP contribution in [0.15, 0.2) is 24.3 Å². The quantitative estimate of drug-likeness (QED) is 0.920. The topological polar surface area (TPSA) is 46.3 Å². The molecule has 0 bridgehead atoms. The zero-order valence-electron chi connectivity index (χ0n) is 12.1. The molecule has 110 valence electrons. The summed E-state index contributed by atoms with van der Waals surface area (Å²) < 4.78 is 13.2. The van der Waals surface area contributed by atoms with E-state index in [9.17, 15) is 9.18 Å². The van der Waals surface area contributed by atoms with Gasteiger partial charge in [-0.3, -0.25) is 4.79 Å². The van der Waals surface area contributed by atoms with Crippen molar-refractivity contribution >= 4 is 11.6 Å². The Balaban J connectivity index is 2.06. The Bertz CT molecular complexity index is 469. The number of carbonyl (C=O) groups is 1. The second-order valence-electron chi connectivity index (χ2n) is 5.87. The zero-order chi connectivity index (χ0) is 14.6. The Labute approximate surface area is 120 Å². The molecule has 0 heterocycles. The SMILES string of the molecule is CN(C(=O)CC1(CN)CCCCC1)c1cccc(F)c1. The van der Waals surface area contributed by atoms with Crippen molar-refractivity contribution < 1.29 is 9.18 Å². The van der Waals surface area contributed by atoms with Gasteiger partial charge in [0.1, 0.15) is 5.82 Å². The maximum Gasteiger partial charge on any atom is 0.227 e.